The second kappa shape index (κ2) is 10.0. The molecule has 1 saturated carbocycles. The molecule has 1 aliphatic carbocycles. The van der Waals surface area contributed by atoms with Gasteiger partial charge in [0.15, 0.2) is 0 Å². The van der Waals surface area contributed by atoms with Gasteiger partial charge in [0.25, 0.3) is 0 Å². The lowest BCUT2D eigenvalue weighted by Crippen LogP contribution is -2.60. The van der Waals surface area contributed by atoms with E-state index in [1.807, 2.05) is 36.1 Å². The Kier molecular flexibility index (Phi) is 7.16. The van der Waals surface area contributed by atoms with Crippen molar-refractivity contribution >= 4 is 17.6 Å². The van der Waals surface area contributed by atoms with Gasteiger partial charge in [0.2, 0.25) is 5.91 Å². The fourth-order valence-corrected chi connectivity index (χ4v) is 5.57. The maximum absolute atomic E-state index is 13.7. The van der Waals surface area contributed by atoms with Gasteiger partial charge in [-0.05, 0) is 64.0 Å². The van der Waals surface area contributed by atoms with Crippen molar-refractivity contribution < 1.29 is 9.59 Å². The van der Waals surface area contributed by atoms with Crippen molar-refractivity contribution in [3.63, 3.8) is 0 Å². The maximum Gasteiger partial charge on any atom is 0.321 e. The maximum atomic E-state index is 13.7. The van der Waals surface area contributed by atoms with Crippen LogP contribution in [0.2, 0.25) is 0 Å². The van der Waals surface area contributed by atoms with Crippen LogP contribution in [0.1, 0.15) is 57.4 Å². The van der Waals surface area contributed by atoms with E-state index >= 15 is 0 Å². The number of hydrogen-bond donors (Lipinski definition) is 1. The smallest absolute Gasteiger partial charge is 0.321 e. The molecule has 6 nitrogen and oxygen atoms in total. The summed E-state index contributed by atoms with van der Waals surface area (Å²) in [5.74, 6) is 0.811. The number of benzene rings is 1. The number of amides is 3. The van der Waals surface area contributed by atoms with E-state index < -0.39 is 0 Å². The van der Waals surface area contributed by atoms with E-state index in [9.17, 15) is 9.59 Å². The van der Waals surface area contributed by atoms with Crippen LogP contribution in [-0.2, 0) is 4.79 Å². The van der Waals surface area contributed by atoms with Gasteiger partial charge in [-0.1, -0.05) is 30.5 Å². The molecule has 3 amide bonds. The number of piperazine rings is 1. The van der Waals surface area contributed by atoms with Gasteiger partial charge in [-0.2, -0.15) is 0 Å². The SMILES string of the molecule is Cc1ccc(NC(=O)N2CCN([C@@H](C(=O)N3CCCC[C@H]3C)C3CCCC3)CC2)cc1. The van der Waals surface area contributed by atoms with E-state index in [2.05, 4.69) is 22.0 Å². The average molecular weight is 427 g/mol. The number of aryl methyl sites for hydroxylation is 1. The lowest BCUT2D eigenvalue weighted by atomic mass is 9.92. The zero-order valence-electron chi connectivity index (χ0n) is 19.2. The summed E-state index contributed by atoms with van der Waals surface area (Å²) in [6, 6.07) is 8.20. The number of carbonyl (C=O) groups is 2. The Balaban J connectivity index is 1.38. The molecule has 0 spiro atoms. The van der Waals surface area contributed by atoms with E-state index in [0.29, 0.717) is 31.0 Å². The number of piperidine rings is 1. The second-order valence-electron chi connectivity index (χ2n) is 9.69. The predicted molar refractivity (Wildman–Crippen MR) is 124 cm³/mol. The zero-order valence-corrected chi connectivity index (χ0v) is 19.2. The summed E-state index contributed by atoms with van der Waals surface area (Å²) < 4.78 is 0. The van der Waals surface area contributed by atoms with Crippen molar-refractivity contribution in [1.29, 1.82) is 0 Å². The molecule has 1 aromatic carbocycles. The van der Waals surface area contributed by atoms with Crippen LogP contribution in [0.15, 0.2) is 24.3 Å². The van der Waals surface area contributed by atoms with Gasteiger partial charge >= 0.3 is 6.03 Å². The van der Waals surface area contributed by atoms with Gasteiger partial charge in [0.05, 0.1) is 6.04 Å². The van der Waals surface area contributed by atoms with Crippen LogP contribution < -0.4 is 5.32 Å². The van der Waals surface area contributed by atoms with Crippen molar-refractivity contribution in [1.82, 2.24) is 14.7 Å². The fraction of sp³-hybridized carbons (Fsp3) is 0.680. The molecule has 3 aliphatic rings. The van der Waals surface area contributed by atoms with E-state index in [1.54, 1.807) is 0 Å². The monoisotopic (exact) mass is 426 g/mol. The van der Waals surface area contributed by atoms with Crippen molar-refractivity contribution in [2.45, 2.75) is 70.9 Å². The normalized spacial score (nSPS) is 24.3. The standard InChI is InChI=1S/C25H38N4O2/c1-19-10-12-22(13-11-19)26-25(31)28-17-15-27(16-18-28)23(21-8-3-4-9-21)24(30)29-14-6-5-7-20(29)2/h10-13,20-21,23H,3-9,14-18H2,1-2H3,(H,26,31)/t20-,23-/m1/s1. The Hall–Kier alpha value is -2.08. The number of urea groups is 1. The van der Waals surface area contributed by atoms with E-state index in [4.69, 9.17) is 0 Å². The second-order valence-corrected chi connectivity index (χ2v) is 9.69. The van der Waals surface area contributed by atoms with E-state index in [0.717, 1.165) is 51.0 Å². The molecule has 0 bridgehead atoms. The fourth-order valence-electron chi connectivity index (χ4n) is 5.57. The highest BCUT2D eigenvalue weighted by molar-refractivity contribution is 5.89. The summed E-state index contributed by atoms with van der Waals surface area (Å²) in [5.41, 5.74) is 2.01. The van der Waals surface area contributed by atoms with E-state index in [1.165, 1.54) is 24.8 Å². The molecule has 1 N–H and O–H groups in total. The first-order valence-electron chi connectivity index (χ1n) is 12.2. The van der Waals surface area contributed by atoms with Crippen LogP contribution >= 0.6 is 0 Å². The highest BCUT2D eigenvalue weighted by Gasteiger charge is 2.40. The third-order valence-corrected chi connectivity index (χ3v) is 7.48. The zero-order chi connectivity index (χ0) is 21.8. The Morgan fingerprint density at radius 2 is 1.55 bits per heavy atom. The van der Waals surface area contributed by atoms with Crippen LogP contribution in [0.5, 0.6) is 0 Å². The first kappa shape index (κ1) is 22.1. The Morgan fingerprint density at radius 1 is 0.903 bits per heavy atom. The molecule has 2 aliphatic heterocycles. The van der Waals surface area contributed by atoms with Crippen LogP contribution in [0.3, 0.4) is 0 Å². The summed E-state index contributed by atoms with van der Waals surface area (Å²) in [6.45, 7) is 8.04. The summed E-state index contributed by atoms with van der Waals surface area (Å²) in [5, 5.41) is 3.01. The molecule has 4 rings (SSSR count). The van der Waals surface area contributed by atoms with Gasteiger partial charge in [0, 0.05) is 44.5 Å². The molecule has 6 heteroatoms. The molecule has 1 aromatic rings. The quantitative estimate of drug-likeness (QED) is 0.788. The number of hydrogen-bond acceptors (Lipinski definition) is 3. The van der Waals surface area contributed by atoms with Crippen LogP contribution in [0.25, 0.3) is 0 Å². The molecular weight excluding hydrogens is 388 g/mol. The number of carbonyl (C=O) groups excluding carboxylic acids is 2. The van der Waals surface area contributed by atoms with Crippen molar-refractivity contribution in [2.24, 2.45) is 5.92 Å². The summed E-state index contributed by atoms with van der Waals surface area (Å²) in [4.78, 5) is 32.8. The molecule has 0 radical (unpaired) electrons. The first-order chi connectivity index (χ1) is 15.0. The van der Waals surface area contributed by atoms with Crippen LogP contribution in [0, 0.1) is 12.8 Å². The van der Waals surface area contributed by atoms with Crippen LogP contribution in [-0.4, -0.2) is 71.4 Å². The third-order valence-electron chi connectivity index (χ3n) is 7.48. The molecule has 170 valence electrons. The van der Waals surface area contributed by atoms with Gasteiger partial charge in [-0.15, -0.1) is 0 Å². The molecule has 0 aromatic heterocycles. The number of likely N-dealkylation sites (tertiary alicyclic amines) is 1. The summed E-state index contributed by atoms with van der Waals surface area (Å²) >= 11 is 0. The molecule has 0 unspecified atom stereocenters. The molecule has 2 atom stereocenters. The van der Waals surface area contributed by atoms with Crippen molar-refractivity contribution in [2.75, 3.05) is 38.0 Å². The molecule has 2 heterocycles. The van der Waals surface area contributed by atoms with Gasteiger partial charge in [0.1, 0.15) is 0 Å². The summed E-state index contributed by atoms with van der Waals surface area (Å²) in [7, 11) is 0. The number of nitrogens with one attached hydrogen (secondary N) is 1. The lowest BCUT2D eigenvalue weighted by molar-refractivity contribution is -0.143. The van der Waals surface area contributed by atoms with Crippen molar-refractivity contribution in [3.05, 3.63) is 29.8 Å². The molecule has 31 heavy (non-hydrogen) atoms. The van der Waals surface area contributed by atoms with Crippen LogP contribution in [0.4, 0.5) is 10.5 Å². The number of nitrogens with zero attached hydrogens (tertiary/aromatic N) is 3. The van der Waals surface area contributed by atoms with Gasteiger partial charge < -0.3 is 15.1 Å². The molecule has 3 fully saturated rings. The minimum Gasteiger partial charge on any atom is -0.339 e. The summed E-state index contributed by atoms with van der Waals surface area (Å²) in [6.07, 6.45) is 8.27. The number of anilines is 1. The van der Waals surface area contributed by atoms with Crippen molar-refractivity contribution in [3.8, 4) is 0 Å². The Morgan fingerprint density at radius 3 is 2.19 bits per heavy atom. The van der Waals surface area contributed by atoms with Gasteiger partial charge in [-0.3, -0.25) is 9.69 Å². The highest BCUT2D eigenvalue weighted by atomic mass is 16.2. The topological polar surface area (TPSA) is 55.9 Å². The van der Waals surface area contributed by atoms with E-state index in [-0.39, 0.29) is 12.1 Å². The largest absolute Gasteiger partial charge is 0.339 e. The lowest BCUT2D eigenvalue weighted by Gasteiger charge is -2.44. The minimum atomic E-state index is -0.0445. The molecule has 2 saturated heterocycles. The predicted octanol–water partition coefficient (Wildman–Crippen LogP) is 4.10. The Bertz CT molecular complexity index is 751. The Labute approximate surface area is 187 Å². The minimum absolute atomic E-state index is 0.00893. The highest BCUT2D eigenvalue weighted by Crippen LogP contribution is 2.33. The third kappa shape index (κ3) is 5.22. The number of rotatable bonds is 4. The first-order valence-corrected chi connectivity index (χ1v) is 12.2. The average Bonchev–Trinajstić information content (AvgIpc) is 3.30. The van der Waals surface area contributed by atoms with Gasteiger partial charge in [-0.25, -0.2) is 4.79 Å². The molecular formula is C25H38N4O2.